The summed E-state index contributed by atoms with van der Waals surface area (Å²) in [5.74, 6) is -1.12. The lowest BCUT2D eigenvalue weighted by atomic mass is 9.85. The molecule has 3 N–H and O–H groups in total. The van der Waals surface area contributed by atoms with E-state index in [4.69, 9.17) is 11.6 Å². The van der Waals surface area contributed by atoms with Crippen LogP contribution >= 0.6 is 11.6 Å². The number of alkyl halides is 3. The highest BCUT2D eigenvalue weighted by Gasteiger charge is 2.55. The molecule has 38 heavy (non-hydrogen) atoms. The fourth-order valence-corrected chi connectivity index (χ4v) is 4.88. The van der Waals surface area contributed by atoms with Crippen LogP contribution in [0.3, 0.4) is 0 Å². The number of nitrogens with zero attached hydrogens (tertiary/aromatic N) is 4. The van der Waals surface area contributed by atoms with E-state index in [1.54, 1.807) is 6.20 Å². The number of aliphatic hydroxyl groups is 2. The first-order valence-electron chi connectivity index (χ1n) is 12.3. The second-order valence-corrected chi connectivity index (χ2v) is 11.6. The van der Waals surface area contributed by atoms with E-state index in [0.717, 1.165) is 30.7 Å². The van der Waals surface area contributed by atoms with Gasteiger partial charge in [0, 0.05) is 30.1 Å². The van der Waals surface area contributed by atoms with Gasteiger partial charge in [0.15, 0.2) is 0 Å². The molecule has 2 fully saturated rings. The molecular weight excluding hydrogens is 527 g/mol. The molecule has 2 amide bonds. The Balaban J connectivity index is 1.55. The van der Waals surface area contributed by atoms with Gasteiger partial charge in [0.1, 0.15) is 12.1 Å². The normalized spacial score (nSPS) is 22.7. The monoisotopic (exact) mass is 557 g/mol. The molecule has 4 rings (SSSR count). The van der Waals surface area contributed by atoms with E-state index >= 15 is 0 Å². The van der Waals surface area contributed by atoms with Gasteiger partial charge >= 0.3 is 6.18 Å². The fraction of sp³-hybridized carbons (Fsp3) is 0.600. The van der Waals surface area contributed by atoms with Crippen molar-refractivity contribution in [3.63, 3.8) is 0 Å². The summed E-state index contributed by atoms with van der Waals surface area (Å²) in [5.41, 5.74) is -3.78. The fourth-order valence-electron chi connectivity index (χ4n) is 4.75. The number of carbonyl (C=O) groups is 2. The molecule has 4 atom stereocenters. The standard InChI is InChI=1S/C25H31ClF3N5O4/c1-23(2,3)20(34-12-18(31-32-34)14-4-5-14)22(37)33-11-17(35)10-19(33)21(36)30-13-24(38,25(27,28)29)15-6-8-16(26)9-7-15/h6-9,12,14,17,19-20,35,38H,4-5,10-11,13H2,1-3H3,(H,30,36)/t17?,19?,20-,24?/m1/s1. The Kier molecular flexibility index (Phi) is 7.54. The molecular formula is C25H31ClF3N5O4. The van der Waals surface area contributed by atoms with Crippen LogP contribution in [0.15, 0.2) is 30.5 Å². The minimum atomic E-state index is -5.12. The van der Waals surface area contributed by atoms with Crippen molar-refractivity contribution in [1.82, 2.24) is 25.2 Å². The third kappa shape index (κ3) is 5.67. The maximum Gasteiger partial charge on any atom is 0.423 e. The summed E-state index contributed by atoms with van der Waals surface area (Å²) < 4.78 is 43.2. The maximum atomic E-state index is 13.9. The van der Waals surface area contributed by atoms with Crippen molar-refractivity contribution >= 4 is 23.4 Å². The summed E-state index contributed by atoms with van der Waals surface area (Å²) in [4.78, 5) is 28.1. The van der Waals surface area contributed by atoms with Crippen LogP contribution < -0.4 is 5.32 Å². The topological polar surface area (TPSA) is 121 Å². The highest BCUT2D eigenvalue weighted by molar-refractivity contribution is 6.30. The zero-order valence-corrected chi connectivity index (χ0v) is 22.0. The van der Waals surface area contributed by atoms with Gasteiger partial charge in [0.25, 0.3) is 0 Å². The largest absolute Gasteiger partial charge is 0.423 e. The third-order valence-electron chi connectivity index (χ3n) is 7.02. The van der Waals surface area contributed by atoms with Crippen molar-refractivity contribution in [1.29, 1.82) is 0 Å². The summed E-state index contributed by atoms with van der Waals surface area (Å²) >= 11 is 5.77. The number of carbonyl (C=O) groups excluding carboxylic acids is 2. The van der Waals surface area contributed by atoms with Crippen molar-refractivity contribution in [2.45, 2.75) is 75.9 Å². The van der Waals surface area contributed by atoms with E-state index in [1.807, 2.05) is 20.8 Å². The number of halogens is 4. The predicted molar refractivity (Wildman–Crippen MR) is 131 cm³/mol. The molecule has 2 heterocycles. The molecule has 3 unspecified atom stereocenters. The number of likely N-dealkylation sites (tertiary alicyclic amines) is 1. The van der Waals surface area contributed by atoms with Gasteiger partial charge in [-0.25, -0.2) is 4.68 Å². The summed E-state index contributed by atoms with van der Waals surface area (Å²) in [5, 5.41) is 31.6. The van der Waals surface area contributed by atoms with Crippen LogP contribution in [0.25, 0.3) is 0 Å². The quantitative estimate of drug-likeness (QED) is 0.481. The number of nitrogens with one attached hydrogen (secondary N) is 1. The van der Waals surface area contributed by atoms with Gasteiger partial charge in [0.05, 0.1) is 18.3 Å². The van der Waals surface area contributed by atoms with Gasteiger partial charge in [-0.05, 0) is 36.0 Å². The maximum absolute atomic E-state index is 13.9. The molecule has 13 heteroatoms. The van der Waals surface area contributed by atoms with E-state index in [1.165, 1.54) is 21.7 Å². The number of aliphatic hydroxyl groups excluding tert-OH is 1. The number of hydrogen-bond acceptors (Lipinski definition) is 6. The van der Waals surface area contributed by atoms with Crippen LogP contribution in [-0.4, -0.2) is 73.3 Å². The van der Waals surface area contributed by atoms with Crippen molar-refractivity contribution in [2.24, 2.45) is 5.41 Å². The van der Waals surface area contributed by atoms with Gasteiger partial charge in [0.2, 0.25) is 17.4 Å². The van der Waals surface area contributed by atoms with Crippen LogP contribution in [0.5, 0.6) is 0 Å². The smallest absolute Gasteiger partial charge is 0.391 e. The zero-order valence-electron chi connectivity index (χ0n) is 21.2. The van der Waals surface area contributed by atoms with Crippen molar-refractivity contribution in [3.8, 4) is 0 Å². The van der Waals surface area contributed by atoms with Gasteiger partial charge in [-0.3, -0.25) is 9.59 Å². The van der Waals surface area contributed by atoms with Gasteiger partial charge in [-0.2, -0.15) is 13.2 Å². The Hall–Kier alpha value is -2.70. The molecule has 0 spiro atoms. The first kappa shape index (κ1) is 28.3. The van der Waals surface area contributed by atoms with E-state index in [2.05, 4.69) is 15.6 Å². The minimum Gasteiger partial charge on any atom is -0.391 e. The van der Waals surface area contributed by atoms with Crippen molar-refractivity contribution in [3.05, 3.63) is 46.7 Å². The van der Waals surface area contributed by atoms with Gasteiger partial charge in [-0.15, -0.1) is 5.10 Å². The lowest BCUT2D eigenvalue weighted by Crippen LogP contribution is -2.55. The number of amides is 2. The van der Waals surface area contributed by atoms with Crippen molar-refractivity contribution < 1.29 is 33.0 Å². The molecule has 1 aliphatic heterocycles. The zero-order chi connectivity index (χ0) is 28.0. The molecule has 1 saturated heterocycles. The van der Waals surface area contributed by atoms with Crippen LogP contribution in [0, 0.1) is 5.41 Å². The summed E-state index contributed by atoms with van der Waals surface area (Å²) in [6.07, 6.45) is -2.64. The third-order valence-corrected chi connectivity index (χ3v) is 7.27. The molecule has 2 aliphatic rings. The summed E-state index contributed by atoms with van der Waals surface area (Å²) in [6, 6.07) is 2.35. The SMILES string of the molecule is CC(C)(C)[C@@H](C(=O)N1CC(O)CC1C(=O)NCC(O)(c1ccc(Cl)cc1)C(F)(F)F)n1cc(C2CC2)nn1. The van der Waals surface area contributed by atoms with E-state index in [0.29, 0.717) is 5.92 Å². The Morgan fingerprint density at radius 1 is 1.18 bits per heavy atom. The van der Waals surface area contributed by atoms with Crippen molar-refractivity contribution in [2.75, 3.05) is 13.1 Å². The Morgan fingerprint density at radius 3 is 2.37 bits per heavy atom. The molecule has 1 saturated carbocycles. The molecule has 1 aromatic carbocycles. The minimum absolute atomic E-state index is 0.162. The summed E-state index contributed by atoms with van der Waals surface area (Å²) in [7, 11) is 0. The molecule has 0 bridgehead atoms. The lowest BCUT2D eigenvalue weighted by Gasteiger charge is -2.35. The van der Waals surface area contributed by atoms with Gasteiger partial charge < -0.3 is 20.4 Å². The predicted octanol–water partition coefficient (Wildman–Crippen LogP) is 2.92. The molecule has 1 aromatic heterocycles. The van der Waals surface area contributed by atoms with E-state index in [-0.39, 0.29) is 18.0 Å². The average molecular weight is 558 g/mol. The van der Waals surface area contributed by atoms with Crippen LogP contribution in [0.2, 0.25) is 5.02 Å². The lowest BCUT2D eigenvalue weighted by molar-refractivity contribution is -0.264. The van der Waals surface area contributed by atoms with E-state index in [9.17, 15) is 33.0 Å². The number of hydrogen-bond donors (Lipinski definition) is 3. The average Bonchev–Trinajstić information content (AvgIpc) is 3.43. The molecule has 9 nitrogen and oxygen atoms in total. The summed E-state index contributed by atoms with van der Waals surface area (Å²) in [6.45, 7) is 4.11. The Bertz CT molecular complexity index is 1180. The Labute approximate surface area is 222 Å². The molecule has 2 aromatic rings. The highest BCUT2D eigenvalue weighted by atomic mass is 35.5. The number of benzene rings is 1. The van der Waals surface area contributed by atoms with Crippen LogP contribution in [0.1, 0.15) is 63.3 Å². The second kappa shape index (κ2) is 10.1. The first-order chi connectivity index (χ1) is 17.6. The number of aromatic nitrogens is 3. The molecule has 0 radical (unpaired) electrons. The number of rotatable bonds is 7. The highest BCUT2D eigenvalue weighted by Crippen LogP contribution is 2.41. The van der Waals surface area contributed by atoms with Crippen LogP contribution in [-0.2, 0) is 15.2 Å². The van der Waals surface area contributed by atoms with Crippen LogP contribution in [0.4, 0.5) is 13.2 Å². The molecule has 208 valence electrons. The Morgan fingerprint density at radius 2 is 1.82 bits per heavy atom. The number of β-amino-alcohol motifs (C(OH)–C–C–N with tert-alkyl or cyclic N) is 1. The second-order valence-electron chi connectivity index (χ2n) is 11.1. The van der Waals surface area contributed by atoms with Gasteiger partial charge in [-0.1, -0.05) is 49.7 Å². The van der Waals surface area contributed by atoms with E-state index < -0.39 is 59.3 Å². The first-order valence-corrected chi connectivity index (χ1v) is 12.7. The molecule has 1 aliphatic carbocycles.